The van der Waals surface area contributed by atoms with Gasteiger partial charge in [0.2, 0.25) is 0 Å². The number of hydrogen-bond acceptors (Lipinski definition) is 3. The molecule has 0 saturated carbocycles. The van der Waals surface area contributed by atoms with Gasteiger partial charge in [0, 0.05) is 4.47 Å². The number of nitrogens with one attached hydrogen (secondary N) is 1. The summed E-state index contributed by atoms with van der Waals surface area (Å²) in [6.07, 6.45) is 0.741. The highest BCUT2D eigenvalue weighted by Gasteiger charge is 2.05. The van der Waals surface area contributed by atoms with Crippen LogP contribution in [0.5, 0.6) is 0 Å². The molecule has 0 aliphatic heterocycles. The van der Waals surface area contributed by atoms with Crippen LogP contribution in [0.15, 0.2) is 58.2 Å². The molecule has 0 spiro atoms. The molecular weight excluding hydrogens is 344 g/mol. The Morgan fingerprint density at radius 3 is 2.60 bits per heavy atom. The van der Waals surface area contributed by atoms with Gasteiger partial charge in [0.1, 0.15) is 0 Å². The van der Waals surface area contributed by atoms with Gasteiger partial charge in [-0.15, -0.1) is 0 Å². The zero-order chi connectivity index (χ0) is 14.4. The predicted octanol–water partition coefficient (Wildman–Crippen LogP) is 4.69. The summed E-state index contributed by atoms with van der Waals surface area (Å²) in [4.78, 5) is 16.2. The number of para-hydroxylation sites is 1. The Kier molecular flexibility index (Phi) is 5.15. The van der Waals surface area contributed by atoms with Gasteiger partial charge in [0.25, 0.3) is 0 Å². The number of rotatable bonds is 3. The number of nitrogens with zero attached hydrogens (tertiary/aromatic N) is 1. The molecule has 6 heteroatoms. The first-order valence-electron chi connectivity index (χ1n) is 5.66. The maximum Gasteiger partial charge on any atom is 0.437 e. The van der Waals surface area contributed by atoms with Gasteiger partial charge in [-0.25, -0.2) is 4.79 Å². The van der Waals surface area contributed by atoms with Gasteiger partial charge in [0.15, 0.2) is 0 Å². The lowest BCUT2D eigenvalue weighted by Gasteiger charge is -2.03. The van der Waals surface area contributed by atoms with E-state index in [0.717, 1.165) is 10.0 Å². The van der Waals surface area contributed by atoms with Crippen LogP contribution in [0, 0.1) is 0 Å². The third-order valence-corrected chi connectivity index (χ3v) is 3.18. The standard InChI is InChI=1S/C14H10BrClN2O2/c15-11-7-5-10(6-8-11)9-17-20-14(19)18-13-4-2-1-3-12(13)16/h1-9H,(H,18,19). The van der Waals surface area contributed by atoms with Crippen LogP contribution in [0.25, 0.3) is 0 Å². The Morgan fingerprint density at radius 2 is 1.90 bits per heavy atom. The molecule has 0 heterocycles. The quantitative estimate of drug-likeness (QED) is 0.494. The van der Waals surface area contributed by atoms with E-state index < -0.39 is 6.09 Å². The molecule has 20 heavy (non-hydrogen) atoms. The first-order valence-corrected chi connectivity index (χ1v) is 6.84. The topological polar surface area (TPSA) is 50.7 Å². The zero-order valence-electron chi connectivity index (χ0n) is 10.2. The van der Waals surface area contributed by atoms with Crippen molar-refractivity contribution in [3.63, 3.8) is 0 Å². The number of carbonyl (C=O) groups excluding carboxylic acids is 1. The summed E-state index contributed by atoms with van der Waals surface area (Å²) >= 11 is 9.23. The molecule has 0 atom stereocenters. The maximum absolute atomic E-state index is 11.5. The average molecular weight is 354 g/mol. The van der Waals surface area contributed by atoms with Crippen LogP contribution in [-0.2, 0) is 4.84 Å². The number of amides is 1. The second-order valence-corrected chi connectivity index (χ2v) is 5.09. The lowest BCUT2D eigenvalue weighted by atomic mass is 10.2. The first-order chi connectivity index (χ1) is 9.65. The van der Waals surface area contributed by atoms with Crippen molar-refractivity contribution in [1.29, 1.82) is 0 Å². The number of carbonyl (C=O) groups is 1. The molecule has 102 valence electrons. The average Bonchev–Trinajstić information content (AvgIpc) is 2.44. The number of anilines is 1. The summed E-state index contributed by atoms with van der Waals surface area (Å²) in [6.45, 7) is 0. The van der Waals surface area contributed by atoms with Gasteiger partial charge < -0.3 is 0 Å². The van der Waals surface area contributed by atoms with Crippen molar-refractivity contribution in [2.45, 2.75) is 0 Å². The van der Waals surface area contributed by atoms with Crippen molar-refractivity contribution >= 4 is 45.5 Å². The molecule has 2 aromatic carbocycles. The van der Waals surface area contributed by atoms with Gasteiger partial charge in [-0.3, -0.25) is 10.2 Å². The van der Waals surface area contributed by atoms with Gasteiger partial charge >= 0.3 is 6.09 Å². The van der Waals surface area contributed by atoms with Crippen LogP contribution in [0.1, 0.15) is 5.56 Å². The van der Waals surface area contributed by atoms with E-state index in [1.54, 1.807) is 24.3 Å². The van der Waals surface area contributed by atoms with E-state index in [9.17, 15) is 4.79 Å². The Balaban J connectivity index is 1.89. The molecule has 1 amide bonds. The van der Waals surface area contributed by atoms with Crippen molar-refractivity contribution in [2.75, 3.05) is 5.32 Å². The number of hydrogen-bond donors (Lipinski definition) is 1. The summed E-state index contributed by atoms with van der Waals surface area (Å²) in [6, 6.07) is 14.3. The van der Waals surface area contributed by atoms with E-state index in [1.165, 1.54) is 6.21 Å². The van der Waals surface area contributed by atoms with Crippen molar-refractivity contribution in [3.8, 4) is 0 Å². The minimum atomic E-state index is -0.702. The second kappa shape index (κ2) is 7.07. The molecule has 0 aliphatic carbocycles. The lowest BCUT2D eigenvalue weighted by molar-refractivity contribution is 0.167. The summed E-state index contributed by atoms with van der Waals surface area (Å²) in [5.41, 5.74) is 1.29. The zero-order valence-corrected chi connectivity index (χ0v) is 12.6. The fourth-order valence-corrected chi connectivity index (χ4v) is 1.83. The molecule has 0 bridgehead atoms. The molecule has 0 aliphatic rings. The molecule has 4 nitrogen and oxygen atoms in total. The fourth-order valence-electron chi connectivity index (χ4n) is 1.38. The van der Waals surface area contributed by atoms with Crippen LogP contribution >= 0.6 is 27.5 Å². The van der Waals surface area contributed by atoms with Crippen LogP contribution in [0.2, 0.25) is 5.02 Å². The third-order valence-electron chi connectivity index (χ3n) is 2.32. The van der Waals surface area contributed by atoms with E-state index in [1.807, 2.05) is 24.3 Å². The van der Waals surface area contributed by atoms with E-state index in [-0.39, 0.29) is 0 Å². The van der Waals surface area contributed by atoms with Crippen LogP contribution < -0.4 is 5.32 Å². The van der Waals surface area contributed by atoms with Crippen LogP contribution in [-0.4, -0.2) is 12.3 Å². The van der Waals surface area contributed by atoms with E-state index in [2.05, 4.69) is 31.2 Å². The largest absolute Gasteiger partial charge is 0.437 e. The highest BCUT2D eigenvalue weighted by Crippen LogP contribution is 2.20. The van der Waals surface area contributed by atoms with Gasteiger partial charge in [-0.05, 0) is 29.8 Å². The van der Waals surface area contributed by atoms with Crippen molar-refractivity contribution in [1.82, 2.24) is 0 Å². The van der Waals surface area contributed by atoms with Crippen molar-refractivity contribution in [2.24, 2.45) is 5.16 Å². The number of benzene rings is 2. The first kappa shape index (κ1) is 14.6. The Morgan fingerprint density at radius 1 is 1.20 bits per heavy atom. The van der Waals surface area contributed by atoms with E-state index in [4.69, 9.17) is 11.6 Å². The molecule has 2 rings (SSSR count). The van der Waals surface area contributed by atoms with Crippen molar-refractivity contribution in [3.05, 3.63) is 63.6 Å². The van der Waals surface area contributed by atoms with Crippen LogP contribution in [0.4, 0.5) is 10.5 Å². The van der Waals surface area contributed by atoms with Crippen LogP contribution in [0.3, 0.4) is 0 Å². The third kappa shape index (κ3) is 4.36. The lowest BCUT2D eigenvalue weighted by Crippen LogP contribution is -2.11. The minimum absolute atomic E-state index is 0.432. The number of oxime groups is 1. The van der Waals surface area contributed by atoms with E-state index in [0.29, 0.717) is 10.7 Å². The molecule has 2 aromatic rings. The summed E-state index contributed by atoms with van der Waals surface area (Å²) in [5, 5.41) is 6.52. The monoisotopic (exact) mass is 352 g/mol. The molecule has 0 radical (unpaired) electrons. The SMILES string of the molecule is O=C(Nc1ccccc1Cl)ON=Cc1ccc(Br)cc1. The molecule has 0 fully saturated rings. The highest BCUT2D eigenvalue weighted by molar-refractivity contribution is 9.10. The molecule has 0 unspecified atom stereocenters. The highest BCUT2D eigenvalue weighted by atomic mass is 79.9. The smallest absolute Gasteiger partial charge is 0.298 e. The Labute approximate surface area is 129 Å². The van der Waals surface area contributed by atoms with E-state index >= 15 is 0 Å². The summed E-state index contributed by atoms with van der Waals surface area (Å²) in [7, 11) is 0. The Hall–Kier alpha value is -1.85. The Bertz CT molecular complexity index is 629. The molecular formula is C14H10BrClN2O2. The number of halogens is 2. The van der Waals surface area contributed by atoms with Crippen molar-refractivity contribution < 1.29 is 9.63 Å². The molecule has 1 N–H and O–H groups in total. The van der Waals surface area contributed by atoms with Gasteiger partial charge in [-0.1, -0.05) is 57.0 Å². The second-order valence-electron chi connectivity index (χ2n) is 3.77. The molecule has 0 saturated heterocycles. The van der Waals surface area contributed by atoms with Gasteiger partial charge in [-0.2, -0.15) is 0 Å². The minimum Gasteiger partial charge on any atom is -0.298 e. The fraction of sp³-hybridized carbons (Fsp3) is 0. The normalized spacial score (nSPS) is 10.5. The summed E-state index contributed by atoms with van der Waals surface area (Å²) < 4.78 is 0.965. The summed E-state index contributed by atoms with van der Waals surface area (Å²) in [5.74, 6) is 0. The van der Waals surface area contributed by atoms with Gasteiger partial charge in [0.05, 0.1) is 16.9 Å². The molecule has 0 aromatic heterocycles. The predicted molar refractivity (Wildman–Crippen MR) is 83.3 cm³/mol. The maximum atomic E-state index is 11.5.